The average molecular weight is 361 g/mol. The van der Waals surface area contributed by atoms with Crippen molar-refractivity contribution in [3.8, 4) is 0 Å². The molecule has 0 amide bonds. The maximum Gasteiger partial charge on any atom is 0.324 e. The Kier molecular flexibility index (Phi) is 5.88. The van der Waals surface area contributed by atoms with E-state index in [9.17, 15) is 9.59 Å². The molecule has 0 aliphatic heterocycles. The summed E-state index contributed by atoms with van der Waals surface area (Å²) in [6, 6.07) is 9.69. The molecule has 0 saturated heterocycles. The molecule has 5 heteroatoms. The predicted molar refractivity (Wildman–Crippen MR) is 101 cm³/mol. The van der Waals surface area contributed by atoms with Gasteiger partial charge in [-0.15, -0.1) is 0 Å². The fraction of sp³-hybridized carbons (Fsp3) is 0.500. The van der Waals surface area contributed by atoms with Crippen molar-refractivity contribution in [2.24, 2.45) is 11.3 Å². The first kappa shape index (κ1) is 19.4. The van der Waals surface area contributed by atoms with Gasteiger partial charge in [-0.05, 0) is 19.4 Å². The Morgan fingerprint density at radius 2 is 1.56 bits per heavy atom. The van der Waals surface area contributed by atoms with Gasteiger partial charge in [0.1, 0.15) is 0 Å². The van der Waals surface area contributed by atoms with Gasteiger partial charge < -0.3 is 9.47 Å². The molecule has 25 heavy (non-hydrogen) atoms. The first-order chi connectivity index (χ1) is 11.8. The van der Waals surface area contributed by atoms with Crippen molar-refractivity contribution in [2.75, 3.05) is 13.2 Å². The smallest absolute Gasteiger partial charge is 0.324 e. The zero-order chi connectivity index (χ0) is 18.7. The third kappa shape index (κ3) is 3.87. The fourth-order valence-electron chi connectivity index (χ4n) is 3.31. The summed E-state index contributed by atoms with van der Waals surface area (Å²) >= 11 is 0. The predicted octanol–water partition coefficient (Wildman–Crippen LogP) is 3.95. The molecule has 4 nitrogen and oxygen atoms in total. The number of carbonyl (C=O) groups excluding carboxylic acids is 2. The highest BCUT2D eigenvalue weighted by atomic mass is 28.3. The Bertz CT molecular complexity index is 627. The van der Waals surface area contributed by atoms with Crippen LogP contribution in [0, 0.1) is 11.3 Å². The largest absolute Gasteiger partial charge is 0.465 e. The van der Waals surface area contributed by atoms with Gasteiger partial charge in [0.05, 0.1) is 21.3 Å². The van der Waals surface area contributed by atoms with Crippen molar-refractivity contribution in [2.45, 2.75) is 39.4 Å². The minimum atomic E-state index is -1.46. The van der Waals surface area contributed by atoms with Gasteiger partial charge in [0, 0.05) is 11.8 Å². The topological polar surface area (TPSA) is 52.6 Å². The third-order valence-electron chi connectivity index (χ3n) is 4.45. The molecule has 1 saturated carbocycles. The quantitative estimate of drug-likeness (QED) is 0.420. The molecule has 136 valence electrons. The van der Waals surface area contributed by atoms with Gasteiger partial charge in [-0.3, -0.25) is 9.59 Å². The highest BCUT2D eigenvalue weighted by Crippen LogP contribution is 2.67. The highest BCUT2D eigenvalue weighted by Gasteiger charge is 2.76. The molecule has 1 aromatic carbocycles. The summed E-state index contributed by atoms with van der Waals surface area (Å²) in [7, 11) is -1.46. The van der Waals surface area contributed by atoms with Crippen LogP contribution in [0.4, 0.5) is 0 Å². The minimum Gasteiger partial charge on any atom is -0.465 e. The molecule has 0 unspecified atom stereocenters. The Balaban J connectivity index is 2.49. The Morgan fingerprint density at radius 3 is 2.00 bits per heavy atom. The van der Waals surface area contributed by atoms with Crippen LogP contribution in [0.25, 0.3) is 0 Å². The van der Waals surface area contributed by atoms with Crippen molar-refractivity contribution in [1.29, 1.82) is 0 Å². The Hall–Kier alpha value is -1.88. The summed E-state index contributed by atoms with van der Waals surface area (Å²) in [5.41, 5.74) is 1.89. The van der Waals surface area contributed by atoms with Crippen LogP contribution in [0.5, 0.6) is 0 Å². The van der Waals surface area contributed by atoms with E-state index in [1.54, 1.807) is 13.8 Å². The van der Waals surface area contributed by atoms with E-state index in [1.165, 1.54) is 0 Å². The summed E-state index contributed by atoms with van der Waals surface area (Å²) in [6.45, 7) is 10.7. The summed E-state index contributed by atoms with van der Waals surface area (Å²) in [5.74, 6) is -1.42. The lowest BCUT2D eigenvalue weighted by Crippen LogP contribution is -2.33. The van der Waals surface area contributed by atoms with Crippen molar-refractivity contribution < 1.29 is 19.1 Å². The molecular formula is C20H28O4Si. The van der Waals surface area contributed by atoms with E-state index in [0.29, 0.717) is 0 Å². The lowest BCUT2D eigenvalue weighted by Gasteiger charge is -2.15. The second-order valence-corrected chi connectivity index (χ2v) is 12.5. The van der Waals surface area contributed by atoms with Crippen molar-refractivity contribution in [3.63, 3.8) is 0 Å². The molecule has 0 spiro atoms. The molecule has 2 rings (SSSR count). The van der Waals surface area contributed by atoms with Crippen LogP contribution in [0.15, 0.2) is 42.1 Å². The Morgan fingerprint density at radius 1 is 1.04 bits per heavy atom. The standard InChI is InChI=1S/C20H28O4Si/c1-6-23-18(21)20(19(22)24-7-2)16(13-14-25(3,4)5)17(20)15-11-9-8-10-12-15/h8-14,16-17H,6-7H2,1-5H3/b14-13+/t16-,17-/m1/s1. The molecule has 0 heterocycles. The molecule has 0 radical (unpaired) electrons. The Labute approximate surface area is 151 Å². The van der Waals surface area contributed by atoms with E-state index in [2.05, 4.69) is 25.3 Å². The van der Waals surface area contributed by atoms with Gasteiger partial charge in [0.2, 0.25) is 0 Å². The monoisotopic (exact) mass is 360 g/mol. The lowest BCUT2D eigenvalue weighted by molar-refractivity contribution is -0.165. The first-order valence-corrected chi connectivity index (χ1v) is 12.5. The molecule has 1 fully saturated rings. The number of ether oxygens (including phenoxy) is 2. The maximum atomic E-state index is 12.8. The molecule has 0 bridgehead atoms. The normalized spacial score (nSPS) is 21.8. The van der Waals surface area contributed by atoms with Crippen LogP contribution in [-0.4, -0.2) is 33.2 Å². The second kappa shape index (κ2) is 7.56. The van der Waals surface area contributed by atoms with E-state index < -0.39 is 25.4 Å². The minimum absolute atomic E-state index is 0.222. The molecule has 0 N–H and O–H groups in total. The molecule has 1 aliphatic rings. The number of allylic oxidation sites excluding steroid dienone is 1. The molecule has 1 aromatic rings. The zero-order valence-electron chi connectivity index (χ0n) is 15.7. The van der Waals surface area contributed by atoms with Crippen molar-refractivity contribution >= 4 is 20.0 Å². The van der Waals surface area contributed by atoms with Crippen molar-refractivity contribution in [1.82, 2.24) is 0 Å². The SMILES string of the molecule is CCOC(=O)C1(C(=O)OCC)[C@H](/C=C/[Si](C)(C)C)[C@H]1c1ccccc1. The number of benzene rings is 1. The van der Waals surface area contributed by atoms with Crippen LogP contribution in [0.1, 0.15) is 25.3 Å². The summed E-state index contributed by atoms with van der Waals surface area (Å²) in [4.78, 5) is 25.6. The van der Waals surface area contributed by atoms with E-state index >= 15 is 0 Å². The van der Waals surface area contributed by atoms with Crippen LogP contribution in [-0.2, 0) is 19.1 Å². The van der Waals surface area contributed by atoms with Gasteiger partial charge in [0.25, 0.3) is 0 Å². The molecule has 0 aromatic heterocycles. The summed E-state index contributed by atoms with van der Waals surface area (Å²) in [5, 5.41) is 0. The number of esters is 2. The number of rotatable bonds is 7. The van der Waals surface area contributed by atoms with E-state index in [-0.39, 0.29) is 25.0 Å². The summed E-state index contributed by atoms with van der Waals surface area (Å²) in [6.07, 6.45) is 2.04. The van der Waals surface area contributed by atoms with E-state index in [4.69, 9.17) is 9.47 Å². The van der Waals surface area contributed by atoms with Gasteiger partial charge in [-0.25, -0.2) is 0 Å². The van der Waals surface area contributed by atoms with Crippen LogP contribution in [0.2, 0.25) is 19.6 Å². The van der Waals surface area contributed by atoms with Gasteiger partial charge in [-0.1, -0.05) is 61.7 Å². The first-order valence-electron chi connectivity index (χ1n) is 8.87. The molecule has 2 atom stereocenters. The number of hydrogen-bond acceptors (Lipinski definition) is 4. The third-order valence-corrected chi connectivity index (χ3v) is 5.65. The van der Waals surface area contributed by atoms with Crippen LogP contribution < -0.4 is 0 Å². The lowest BCUT2D eigenvalue weighted by atomic mass is 9.98. The fourth-order valence-corrected chi connectivity index (χ4v) is 4.10. The van der Waals surface area contributed by atoms with E-state index in [1.807, 2.05) is 36.4 Å². The molecular weight excluding hydrogens is 332 g/mol. The highest BCUT2D eigenvalue weighted by molar-refractivity contribution is 6.80. The summed E-state index contributed by atoms with van der Waals surface area (Å²) < 4.78 is 10.6. The molecule has 1 aliphatic carbocycles. The van der Waals surface area contributed by atoms with Gasteiger partial charge >= 0.3 is 11.9 Å². The second-order valence-electron chi connectivity index (χ2n) is 7.45. The van der Waals surface area contributed by atoms with Crippen molar-refractivity contribution in [3.05, 3.63) is 47.7 Å². The maximum absolute atomic E-state index is 12.8. The van der Waals surface area contributed by atoms with Crippen LogP contribution >= 0.6 is 0 Å². The average Bonchev–Trinajstić information content (AvgIpc) is 3.24. The zero-order valence-corrected chi connectivity index (χ0v) is 16.7. The van der Waals surface area contributed by atoms with Gasteiger partial charge in [-0.2, -0.15) is 0 Å². The van der Waals surface area contributed by atoms with Crippen LogP contribution in [0.3, 0.4) is 0 Å². The number of hydrogen-bond donors (Lipinski definition) is 0. The number of carbonyl (C=O) groups is 2. The van der Waals surface area contributed by atoms with E-state index in [0.717, 1.165) is 5.56 Å². The van der Waals surface area contributed by atoms with Gasteiger partial charge in [0.15, 0.2) is 5.41 Å².